The Kier molecular flexibility index (Phi) is 9.71. The van der Waals surface area contributed by atoms with Gasteiger partial charge in [0.05, 0.1) is 0 Å². The summed E-state index contributed by atoms with van der Waals surface area (Å²) in [6, 6.07) is 15.1. The molecule has 0 N–H and O–H groups in total. The predicted octanol–water partition coefficient (Wildman–Crippen LogP) is 8.90. The molecule has 40 heavy (non-hydrogen) atoms. The first-order valence-electron chi connectivity index (χ1n) is 13.4. The average molecular weight is 560 g/mol. The van der Waals surface area contributed by atoms with E-state index in [9.17, 15) is 22.0 Å². The summed E-state index contributed by atoms with van der Waals surface area (Å²) in [5, 5.41) is 1.20. The van der Waals surface area contributed by atoms with Crippen LogP contribution in [-0.2, 0) is 32.1 Å². The maximum atomic E-state index is 15.3. The van der Waals surface area contributed by atoms with Crippen molar-refractivity contribution in [2.45, 2.75) is 64.5 Å². The highest BCUT2D eigenvalue weighted by molar-refractivity contribution is 5.84. The van der Waals surface area contributed by atoms with Gasteiger partial charge in [-0.2, -0.15) is 13.2 Å². The molecule has 1 heterocycles. The van der Waals surface area contributed by atoms with Gasteiger partial charge < -0.3 is 4.74 Å². The molecule has 0 saturated heterocycles. The van der Waals surface area contributed by atoms with Crippen LogP contribution in [0.1, 0.15) is 54.1 Å². The lowest BCUT2D eigenvalue weighted by atomic mass is 9.97. The topological polar surface area (TPSA) is 22.1 Å². The fourth-order valence-electron chi connectivity index (χ4n) is 4.67. The van der Waals surface area contributed by atoms with Crippen LogP contribution in [0.2, 0.25) is 0 Å². The summed E-state index contributed by atoms with van der Waals surface area (Å²) in [5.41, 5.74) is 3.88. The minimum Gasteiger partial charge on any atom is -0.478 e. The second kappa shape index (κ2) is 13.2. The van der Waals surface area contributed by atoms with Crippen LogP contribution >= 0.6 is 0 Å². The number of hydrogen-bond donors (Lipinski definition) is 0. The number of ether oxygens (including phenoxy) is 1. The monoisotopic (exact) mass is 559 g/mol. The maximum absolute atomic E-state index is 15.3. The van der Waals surface area contributed by atoms with Crippen LogP contribution in [0.3, 0.4) is 0 Å². The van der Waals surface area contributed by atoms with E-state index in [1.54, 1.807) is 12.1 Å². The molecule has 1 aromatic heterocycles. The summed E-state index contributed by atoms with van der Waals surface area (Å²) in [6.07, 6.45) is 3.63. The Morgan fingerprint density at radius 2 is 1.45 bits per heavy atom. The molecule has 0 aliphatic rings. The van der Waals surface area contributed by atoms with Crippen LogP contribution in [0.25, 0.3) is 10.8 Å². The largest absolute Gasteiger partial charge is 0.478 e. The van der Waals surface area contributed by atoms with Gasteiger partial charge in [0.2, 0.25) is 0 Å². The molecular formula is C32H31F6NO. The molecule has 0 amide bonds. The molecule has 0 spiro atoms. The van der Waals surface area contributed by atoms with Gasteiger partial charge >= 0.3 is 6.18 Å². The third-order valence-corrected chi connectivity index (χ3v) is 6.84. The quantitative estimate of drug-likeness (QED) is 0.128. The molecule has 0 unspecified atom stereocenters. The Hall–Kier alpha value is -3.55. The lowest BCUT2D eigenvalue weighted by Crippen LogP contribution is -2.20. The first kappa shape index (κ1) is 29.4. The number of aromatic nitrogens is 1. The summed E-state index contributed by atoms with van der Waals surface area (Å²) >= 11 is 0. The summed E-state index contributed by atoms with van der Waals surface area (Å²) in [7, 11) is 0. The second-order valence-corrected chi connectivity index (χ2v) is 10.0. The summed E-state index contributed by atoms with van der Waals surface area (Å²) < 4.78 is 84.8. The predicted molar refractivity (Wildman–Crippen MR) is 144 cm³/mol. The van der Waals surface area contributed by atoms with Crippen LogP contribution in [0.15, 0.2) is 60.8 Å². The Bertz CT molecular complexity index is 1410. The molecule has 0 bridgehead atoms. The molecule has 0 aliphatic carbocycles. The van der Waals surface area contributed by atoms with Crippen LogP contribution in [0.5, 0.6) is 5.75 Å². The molecule has 2 nitrogen and oxygen atoms in total. The second-order valence-electron chi connectivity index (χ2n) is 10.0. The molecule has 4 aromatic rings. The van der Waals surface area contributed by atoms with Crippen molar-refractivity contribution in [1.82, 2.24) is 4.98 Å². The molecule has 0 saturated carbocycles. The lowest BCUT2D eigenvalue weighted by Gasteiger charge is -2.12. The first-order chi connectivity index (χ1) is 19.1. The summed E-state index contributed by atoms with van der Waals surface area (Å²) in [5.74, 6) is -3.95. The van der Waals surface area contributed by atoms with Crippen molar-refractivity contribution in [3.8, 4) is 5.75 Å². The van der Waals surface area contributed by atoms with Gasteiger partial charge in [-0.1, -0.05) is 56.2 Å². The van der Waals surface area contributed by atoms with E-state index in [2.05, 4.69) is 28.8 Å². The molecule has 0 aliphatic heterocycles. The molecule has 0 fully saturated rings. The van der Waals surface area contributed by atoms with E-state index in [0.29, 0.717) is 10.9 Å². The molecule has 4 rings (SSSR count). The van der Waals surface area contributed by atoms with Gasteiger partial charge in [-0.3, -0.25) is 4.98 Å². The van der Waals surface area contributed by atoms with Crippen LogP contribution < -0.4 is 4.74 Å². The van der Waals surface area contributed by atoms with E-state index in [1.165, 1.54) is 24.8 Å². The molecule has 3 aromatic carbocycles. The van der Waals surface area contributed by atoms with Gasteiger partial charge in [0.25, 0.3) is 0 Å². The van der Waals surface area contributed by atoms with Crippen LogP contribution in [-0.4, -0.2) is 17.8 Å². The number of hydrogen-bond acceptors (Lipinski definition) is 2. The van der Waals surface area contributed by atoms with Gasteiger partial charge in [-0.15, -0.1) is 0 Å². The highest BCUT2D eigenvalue weighted by atomic mass is 19.4. The van der Waals surface area contributed by atoms with Gasteiger partial charge in [-0.05, 0) is 84.4 Å². The zero-order valence-corrected chi connectivity index (χ0v) is 22.3. The summed E-state index contributed by atoms with van der Waals surface area (Å²) in [4.78, 5) is 4.58. The van der Waals surface area contributed by atoms with Gasteiger partial charge in [-0.25, -0.2) is 13.2 Å². The highest BCUT2D eigenvalue weighted by Crippen LogP contribution is 2.28. The third kappa shape index (κ3) is 7.99. The van der Waals surface area contributed by atoms with E-state index >= 15 is 4.39 Å². The minimum absolute atomic E-state index is 0.0955. The fourth-order valence-corrected chi connectivity index (χ4v) is 4.67. The van der Waals surface area contributed by atoms with Crippen molar-refractivity contribution in [1.29, 1.82) is 0 Å². The molecule has 212 valence electrons. The third-order valence-electron chi connectivity index (χ3n) is 6.84. The van der Waals surface area contributed by atoms with E-state index in [-0.39, 0.29) is 18.4 Å². The number of pyridine rings is 1. The Balaban J connectivity index is 1.37. The van der Waals surface area contributed by atoms with E-state index in [0.717, 1.165) is 48.0 Å². The molecule has 0 radical (unpaired) electrons. The van der Waals surface area contributed by atoms with Gasteiger partial charge in [0, 0.05) is 17.3 Å². The number of alkyl halides is 3. The average Bonchev–Trinajstić information content (AvgIpc) is 2.91. The van der Waals surface area contributed by atoms with Crippen molar-refractivity contribution >= 4 is 10.8 Å². The number of nitrogens with zero attached hydrogens (tertiary/aromatic N) is 1. The van der Waals surface area contributed by atoms with Crippen molar-refractivity contribution in [2.75, 3.05) is 6.61 Å². The molecular weight excluding hydrogens is 528 g/mol. The van der Waals surface area contributed by atoms with Crippen molar-refractivity contribution in [2.24, 2.45) is 0 Å². The smallest absolute Gasteiger partial charge is 0.422 e. The Labute approximate surface area is 230 Å². The number of rotatable bonds is 12. The number of aryl methyl sites for hydroxylation is 5. The number of halogens is 6. The number of benzene rings is 3. The van der Waals surface area contributed by atoms with Crippen molar-refractivity contribution in [3.63, 3.8) is 0 Å². The highest BCUT2D eigenvalue weighted by Gasteiger charge is 2.30. The Morgan fingerprint density at radius 3 is 2.12 bits per heavy atom. The van der Waals surface area contributed by atoms with Crippen molar-refractivity contribution in [3.05, 3.63) is 106 Å². The van der Waals surface area contributed by atoms with E-state index in [1.807, 2.05) is 24.4 Å². The van der Waals surface area contributed by atoms with Crippen LogP contribution in [0.4, 0.5) is 26.3 Å². The Morgan fingerprint density at radius 1 is 0.725 bits per heavy atom. The SMILES string of the molecule is CCCCCc1ccc(CCc2ccc3c(F)c(CCc4cc(F)c(OCC(F)(F)F)c(F)c4)ccc3c2)nc1. The molecule has 0 atom stereocenters. The number of unbranched alkanes of at least 4 members (excludes halogenated alkanes) is 2. The standard InChI is InChI=1S/C32H31F6NO/c1-2-3-4-5-22-8-14-26(39-19-22)13-7-21-9-15-27-25(16-21)12-11-24(30(27)35)10-6-23-17-28(33)31(29(34)18-23)40-20-32(36,37)38/h8-9,11-12,14-19H,2-7,10,13,20H2,1H3. The normalized spacial score (nSPS) is 11.8. The van der Waals surface area contributed by atoms with Gasteiger partial charge in [0.1, 0.15) is 5.82 Å². The fraction of sp³-hybridized carbons (Fsp3) is 0.344. The van der Waals surface area contributed by atoms with Crippen molar-refractivity contribution < 1.29 is 31.1 Å². The van der Waals surface area contributed by atoms with E-state index < -0.39 is 36.0 Å². The summed E-state index contributed by atoms with van der Waals surface area (Å²) in [6.45, 7) is 0.385. The van der Waals surface area contributed by atoms with Gasteiger partial charge in [0.15, 0.2) is 24.0 Å². The minimum atomic E-state index is -4.72. The zero-order chi connectivity index (χ0) is 28.7. The van der Waals surface area contributed by atoms with Crippen LogP contribution in [0, 0.1) is 17.5 Å². The maximum Gasteiger partial charge on any atom is 0.422 e. The van der Waals surface area contributed by atoms with E-state index in [4.69, 9.17) is 0 Å². The number of fused-ring (bicyclic) bond motifs is 1. The lowest BCUT2D eigenvalue weighted by molar-refractivity contribution is -0.154. The first-order valence-corrected chi connectivity index (χ1v) is 13.4. The molecule has 8 heteroatoms. The zero-order valence-electron chi connectivity index (χ0n) is 22.3.